The molecule has 0 aromatic rings. The molecule has 1 amide bonds. The van der Waals surface area contributed by atoms with E-state index < -0.39 is 0 Å². The van der Waals surface area contributed by atoms with E-state index in [1.165, 1.54) is 6.42 Å². The van der Waals surface area contributed by atoms with E-state index >= 15 is 0 Å². The van der Waals surface area contributed by atoms with Gasteiger partial charge in [0, 0.05) is 25.0 Å². The Hall–Kier alpha value is -0.570. The van der Waals surface area contributed by atoms with E-state index in [1.54, 1.807) is 0 Å². The molecule has 1 fully saturated rings. The van der Waals surface area contributed by atoms with Gasteiger partial charge in [-0.15, -0.1) is 0 Å². The second-order valence-electron chi connectivity index (χ2n) is 4.93. The highest BCUT2D eigenvalue weighted by Gasteiger charge is 2.19. The highest BCUT2D eigenvalue weighted by atomic mass is 16.2. The standard InChI is InChI=1S/C11H22N2O/c1-11(2,12)7-6-10(14)13-8-4-3-5-9-13/h3-9,12H2,1-2H3. The van der Waals surface area contributed by atoms with Crippen molar-refractivity contribution >= 4 is 5.91 Å². The van der Waals surface area contributed by atoms with Crippen LogP contribution in [0.1, 0.15) is 46.0 Å². The fourth-order valence-electron chi connectivity index (χ4n) is 1.73. The molecule has 14 heavy (non-hydrogen) atoms. The van der Waals surface area contributed by atoms with Crippen LogP contribution in [0, 0.1) is 0 Å². The van der Waals surface area contributed by atoms with Crippen LogP contribution in [0.5, 0.6) is 0 Å². The molecule has 1 heterocycles. The monoisotopic (exact) mass is 198 g/mol. The van der Waals surface area contributed by atoms with Crippen molar-refractivity contribution in [1.82, 2.24) is 4.90 Å². The van der Waals surface area contributed by atoms with E-state index in [-0.39, 0.29) is 11.4 Å². The van der Waals surface area contributed by atoms with Gasteiger partial charge in [0.05, 0.1) is 0 Å². The largest absolute Gasteiger partial charge is 0.343 e. The molecule has 0 atom stereocenters. The second kappa shape index (κ2) is 4.78. The molecule has 0 aromatic carbocycles. The van der Waals surface area contributed by atoms with Gasteiger partial charge >= 0.3 is 0 Å². The zero-order chi connectivity index (χ0) is 10.6. The summed E-state index contributed by atoms with van der Waals surface area (Å²) in [5.41, 5.74) is 5.63. The first-order valence-corrected chi connectivity index (χ1v) is 5.56. The van der Waals surface area contributed by atoms with Crippen LogP contribution in [0.3, 0.4) is 0 Å². The van der Waals surface area contributed by atoms with Gasteiger partial charge in [0.15, 0.2) is 0 Å². The van der Waals surface area contributed by atoms with Crippen LogP contribution >= 0.6 is 0 Å². The Morgan fingerprint density at radius 1 is 1.29 bits per heavy atom. The van der Waals surface area contributed by atoms with Crippen LogP contribution < -0.4 is 5.73 Å². The number of hydrogen-bond acceptors (Lipinski definition) is 2. The molecule has 1 rings (SSSR count). The van der Waals surface area contributed by atoms with Crippen molar-refractivity contribution in [3.63, 3.8) is 0 Å². The molecule has 2 N–H and O–H groups in total. The number of nitrogens with zero attached hydrogens (tertiary/aromatic N) is 1. The normalized spacial score (nSPS) is 18.4. The molecule has 82 valence electrons. The third-order valence-electron chi connectivity index (χ3n) is 2.69. The van der Waals surface area contributed by atoms with Crippen molar-refractivity contribution < 1.29 is 4.79 Å². The number of piperidine rings is 1. The number of rotatable bonds is 3. The number of amides is 1. The number of likely N-dealkylation sites (tertiary alicyclic amines) is 1. The van der Waals surface area contributed by atoms with E-state index in [0.29, 0.717) is 6.42 Å². The zero-order valence-electron chi connectivity index (χ0n) is 9.38. The van der Waals surface area contributed by atoms with Crippen LogP contribution in [-0.2, 0) is 4.79 Å². The van der Waals surface area contributed by atoms with E-state index in [9.17, 15) is 4.79 Å². The van der Waals surface area contributed by atoms with Gasteiger partial charge in [0.2, 0.25) is 5.91 Å². The van der Waals surface area contributed by atoms with Gasteiger partial charge in [-0.25, -0.2) is 0 Å². The van der Waals surface area contributed by atoms with Gasteiger partial charge in [-0.2, -0.15) is 0 Å². The number of nitrogens with two attached hydrogens (primary N) is 1. The molecule has 0 unspecified atom stereocenters. The summed E-state index contributed by atoms with van der Waals surface area (Å²) in [6.07, 6.45) is 4.98. The van der Waals surface area contributed by atoms with Gasteiger partial charge in [-0.1, -0.05) is 0 Å². The number of hydrogen-bond donors (Lipinski definition) is 1. The minimum atomic E-state index is -0.217. The zero-order valence-corrected chi connectivity index (χ0v) is 9.38. The van der Waals surface area contributed by atoms with Crippen LogP contribution in [0.4, 0.5) is 0 Å². The molecule has 0 radical (unpaired) electrons. The molecular formula is C11H22N2O. The molecular weight excluding hydrogens is 176 g/mol. The van der Waals surface area contributed by atoms with Crippen molar-refractivity contribution in [1.29, 1.82) is 0 Å². The summed E-state index contributed by atoms with van der Waals surface area (Å²) < 4.78 is 0. The van der Waals surface area contributed by atoms with Gasteiger partial charge in [0.25, 0.3) is 0 Å². The molecule has 0 bridgehead atoms. The van der Waals surface area contributed by atoms with Crippen molar-refractivity contribution in [3.8, 4) is 0 Å². The summed E-state index contributed by atoms with van der Waals surface area (Å²) in [4.78, 5) is 13.7. The van der Waals surface area contributed by atoms with Gasteiger partial charge in [-0.3, -0.25) is 4.79 Å². The Labute approximate surface area is 86.6 Å². The van der Waals surface area contributed by atoms with E-state index in [0.717, 1.165) is 32.4 Å². The summed E-state index contributed by atoms with van der Waals surface area (Å²) in [5, 5.41) is 0. The highest BCUT2D eigenvalue weighted by molar-refractivity contribution is 5.76. The van der Waals surface area contributed by atoms with Gasteiger partial charge < -0.3 is 10.6 Å². The minimum absolute atomic E-state index is 0.217. The van der Waals surface area contributed by atoms with Crippen molar-refractivity contribution in [2.45, 2.75) is 51.5 Å². The molecule has 0 saturated carbocycles. The van der Waals surface area contributed by atoms with E-state index in [4.69, 9.17) is 5.73 Å². The van der Waals surface area contributed by atoms with Crippen LogP contribution in [-0.4, -0.2) is 29.4 Å². The predicted octanol–water partition coefficient (Wildman–Crippen LogP) is 1.52. The molecule has 0 spiro atoms. The minimum Gasteiger partial charge on any atom is -0.343 e. The fraction of sp³-hybridized carbons (Fsp3) is 0.909. The smallest absolute Gasteiger partial charge is 0.222 e. The second-order valence-corrected chi connectivity index (χ2v) is 4.93. The summed E-state index contributed by atoms with van der Waals surface area (Å²) in [5.74, 6) is 0.281. The molecule has 1 saturated heterocycles. The summed E-state index contributed by atoms with van der Waals surface area (Å²) in [6, 6.07) is 0. The maximum atomic E-state index is 11.7. The van der Waals surface area contributed by atoms with Crippen LogP contribution in [0.15, 0.2) is 0 Å². The maximum Gasteiger partial charge on any atom is 0.222 e. The van der Waals surface area contributed by atoms with Crippen molar-refractivity contribution in [3.05, 3.63) is 0 Å². The molecule has 0 aliphatic carbocycles. The SMILES string of the molecule is CC(C)(N)CCC(=O)N1CCCCC1. The number of carbonyl (C=O) groups is 1. The lowest BCUT2D eigenvalue weighted by Crippen LogP contribution is -2.38. The van der Waals surface area contributed by atoms with Crippen molar-refractivity contribution in [2.75, 3.05) is 13.1 Å². The van der Waals surface area contributed by atoms with Gasteiger partial charge in [0.1, 0.15) is 0 Å². The Bertz CT molecular complexity index is 190. The van der Waals surface area contributed by atoms with Crippen molar-refractivity contribution in [2.24, 2.45) is 5.73 Å². The average Bonchev–Trinajstić information content (AvgIpc) is 2.14. The first kappa shape index (κ1) is 11.5. The summed E-state index contributed by atoms with van der Waals surface area (Å²) in [6.45, 7) is 5.83. The predicted molar refractivity (Wildman–Crippen MR) is 57.9 cm³/mol. The Kier molecular flexibility index (Phi) is 3.93. The van der Waals surface area contributed by atoms with E-state index in [2.05, 4.69) is 0 Å². The van der Waals surface area contributed by atoms with Gasteiger partial charge in [-0.05, 0) is 39.5 Å². The Balaban J connectivity index is 2.27. The lowest BCUT2D eigenvalue weighted by molar-refractivity contribution is -0.132. The lowest BCUT2D eigenvalue weighted by atomic mass is 9.99. The maximum absolute atomic E-state index is 11.7. The molecule has 3 heteroatoms. The fourth-order valence-corrected chi connectivity index (χ4v) is 1.73. The Morgan fingerprint density at radius 2 is 1.86 bits per heavy atom. The summed E-state index contributed by atoms with van der Waals surface area (Å²) >= 11 is 0. The molecule has 1 aliphatic heterocycles. The average molecular weight is 198 g/mol. The molecule has 1 aliphatic rings. The lowest BCUT2D eigenvalue weighted by Gasteiger charge is -2.28. The third-order valence-corrected chi connectivity index (χ3v) is 2.69. The highest BCUT2D eigenvalue weighted by Crippen LogP contribution is 2.13. The molecule has 0 aromatic heterocycles. The molecule has 3 nitrogen and oxygen atoms in total. The first-order chi connectivity index (χ1) is 6.49. The van der Waals surface area contributed by atoms with E-state index in [1.807, 2.05) is 18.7 Å². The third kappa shape index (κ3) is 4.09. The quantitative estimate of drug-likeness (QED) is 0.747. The number of carbonyl (C=O) groups excluding carboxylic acids is 1. The van der Waals surface area contributed by atoms with Crippen LogP contribution in [0.2, 0.25) is 0 Å². The Morgan fingerprint density at radius 3 is 2.36 bits per heavy atom. The van der Waals surface area contributed by atoms with Crippen LogP contribution in [0.25, 0.3) is 0 Å². The first-order valence-electron chi connectivity index (χ1n) is 5.56. The topological polar surface area (TPSA) is 46.3 Å². The summed E-state index contributed by atoms with van der Waals surface area (Å²) in [7, 11) is 0.